The lowest BCUT2D eigenvalue weighted by molar-refractivity contribution is -0.143. The molecular weight excluding hydrogens is 546 g/mol. The number of carbonyl (C=O) groups excluding carboxylic acids is 2. The standard InChI is InChI=1S/C34H51N3O6/c1-8-34(42)16-13-26-24-10-9-22-18-23(11-14-32(22,6)25(24)12-15-33(26,34)7)37-43-19-28(38)36-29(21(4)5)30(39)35-27(31(40)41)17-20(2)3/h1,18,20-21,24-27,29,42H,9-17,19H2,2-7H3,(H,35,39)(H,36,38)(H,40,41)/b37-23+/t24-,25-,26-,27-,29+,32+,33+,34-/m1/s1. The fourth-order valence-corrected chi connectivity index (χ4v) is 8.77. The van der Waals surface area contributed by atoms with Gasteiger partial charge in [-0.1, -0.05) is 58.2 Å². The number of amides is 2. The lowest BCUT2D eigenvalue weighted by atomic mass is 9.46. The number of nitrogens with one attached hydrogen (secondary N) is 2. The summed E-state index contributed by atoms with van der Waals surface area (Å²) < 4.78 is 0. The van der Waals surface area contributed by atoms with Gasteiger partial charge in [0.2, 0.25) is 5.91 Å². The van der Waals surface area contributed by atoms with E-state index in [9.17, 15) is 24.6 Å². The first-order valence-corrected chi connectivity index (χ1v) is 16.1. The molecule has 0 unspecified atom stereocenters. The molecule has 3 fully saturated rings. The van der Waals surface area contributed by atoms with Crippen LogP contribution in [0, 0.1) is 52.8 Å². The SMILES string of the molecule is C#C[C@@]1(O)CC[C@@H]2[C@@H]3CCC4=C/C(=N/OCC(=O)N[C@H](C(=O)N[C@H](CC(C)C)C(=O)O)C(C)C)CC[C@]4(C)[C@@H]3CC[C@@]21C. The van der Waals surface area contributed by atoms with Gasteiger partial charge in [-0.3, -0.25) is 9.59 Å². The molecule has 9 heteroatoms. The molecule has 4 rings (SSSR count). The summed E-state index contributed by atoms with van der Waals surface area (Å²) in [4.78, 5) is 42.6. The molecule has 0 bridgehead atoms. The van der Waals surface area contributed by atoms with Gasteiger partial charge in [0.05, 0.1) is 5.71 Å². The van der Waals surface area contributed by atoms with E-state index in [0.717, 1.165) is 50.7 Å². The number of oxime groups is 1. The summed E-state index contributed by atoms with van der Waals surface area (Å²) in [5.74, 6) is 2.04. The molecule has 0 aromatic rings. The number of aliphatic carboxylic acids is 1. The number of terminal acetylenes is 1. The quantitative estimate of drug-likeness (QED) is 0.217. The number of nitrogens with zero attached hydrogens (tertiary/aromatic N) is 1. The predicted molar refractivity (Wildman–Crippen MR) is 165 cm³/mol. The van der Waals surface area contributed by atoms with Crippen molar-refractivity contribution in [1.29, 1.82) is 0 Å². The lowest BCUT2D eigenvalue weighted by Gasteiger charge is -2.58. The number of rotatable bonds is 10. The largest absolute Gasteiger partial charge is 0.480 e. The van der Waals surface area contributed by atoms with Crippen LogP contribution in [0.3, 0.4) is 0 Å². The van der Waals surface area contributed by atoms with E-state index in [1.165, 1.54) is 5.57 Å². The molecule has 0 aromatic carbocycles. The summed E-state index contributed by atoms with van der Waals surface area (Å²) in [7, 11) is 0. The lowest BCUT2D eigenvalue weighted by Crippen LogP contribution is -2.54. The second kappa shape index (κ2) is 12.6. The zero-order chi connectivity index (χ0) is 31.7. The third-order valence-corrected chi connectivity index (χ3v) is 11.3. The van der Waals surface area contributed by atoms with Gasteiger partial charge in [-0.25, -0.2) is 4.79 Å². The summed E-state index contributed by atoms with van der Waals surface area (Å²) in [5.41, 5.74) is 1.09. The Labute approximate surface area is 256 Å². The van der Waals surface area contributed by atoms with E-state index in [1.54, 1.807) is 13.8 Å². The van der Waals surface area contributed by atoms with Crippen LogP contribution in [0.25, 0.3) is 0 Å². The van der Waals surface area contributed by atoms with E-state index in [2.05, 4.69) is 41.6 Å². The molecule has 4 aliphatic carbocycles. The Balaban J connectivity index is 1.35. The van der Waals surface area contributed by atoms with Gasteiger partial charge in [0.1, 0.15) is 17.7 Å². The number of hydrogen-bond donors (Lipinski definition) is 4. The molecular formula is C34H51N3O6. The Morgan fingerprint density at radius 3 is 2.40 bits per heavy atom. The molecule has 0 heterocycles. The van der Waals surface area contributed by atoms with Crippen LogP contribution in [-0.4, -0.2) is 58.0 Å². The minimum Gasteiger partial charge on any atom is -0.480 e. The highest BCUT2D eigenvalue weighted by Crippen LogP contribution is 2.67. The first-order chi connectivity index (χ1) is 20.1. The van der Waals surface area contributed by atoms with E-state index < -0.39 is 35.5 Å². The number of fused-ring (bicyclic) bond motifs is 5. The molecule has 9 nitrogen and oxygen atoms in total. The minimum absolute atomic E-state index is 0.0821. The van der Waals surface area contributed by atoms with Gasteiger partial charge in [-0.15, -0.1) is 6.42 Å². The summed E-state index contributed by atoms with van der Waals surface area (Å²) in [6.07, 6.45) is 15.8. The van der Waals surface area contributed by atoms with Crippen molar-refractivity contribution in [1.82, 2.24) is 10.6 Å². The molecule has 2 amide bonds. The van der Waals surface area contributed by atoms with Crippen LogP contribution >= 0.6 is 0 Å². The number of carboxylic acid groups (broad SMARTS) is 1. The van der Waals surface area contributed by atoms with E-state index >= 15 is 0 Å². The Morgan fingerprint density at radius 2 is 1.77 bits per heavy atom. The number of carboxylic acids is 1. The van der Waals surface area contributed by atoms with Crippen LogP contribution in [0.4, 0.5) is 0 Å². The van der Waals surface area contributed by atoms with Crippen LogP contribution in [0.5, 0.6) is 0 Å². The molecule has 0 saturated heterocycles. The smallest absolute Gasteiger partial charge is 0.326 e. The molecule has 0 aliphatic heterocycles. The highest BCUT2D eigenvalue weighted by Gasteiger charge is 2.63. The Bertz CT molecular complexity index is 1200. The molecule has 43 heavy (non-hydrogen) atoms. The molecule has 3 saturated carbocycles. The van der Waals surface area contributed by atoms with Gasteiger partial charge >= 0.3 is 5.97 Å². The van der Waals surface area contributed by atoms with Crippen LogP contribution in [-0.2, 0) is 19.2 Å². The van der Waals surface area contributed by atoms with E-state index in [-0.39, 0.29) is 29.3 Å². The maximum absolute atomic E-state index is 12.8. The van der Waals surface area contributed by atoms with Gasteiger partial charge in [0.15, 0.2) is 6.61 Å². The van der Waals surface area contributed by atoms with Crippen molar-refractivity contribution < 1.29 is 29.4 Å². The molecule has 4 aliphatic rings. The summed E-state index contributed by atoms with van der Waals surface area (Å²) in [6, 6.07) is -1.91. The summed E-state index contributed by atoms with van der Waals surface area (Å²) in [5, 5.41) is 30.2. The van der Waals surface area contributed by atoms with Crippen molar-refractivity contribution in [2.24, 2.45) is 45.6 Å². The van der Waals surface area contributed by atoms with Gasteiger partial charge in [0.25, 0.3) is 5.91 Å². The van der Waals surface area contributed by atoms with Crippen LogP contribution in [0.15, 0.2) is 16.8 Å². The van der Waals surface area contributed by atoms with Crippen LogP contribution < -0.4 is 10.6 Å². The number of carbonyl (C=O) groups is 3. The third-order valence-electron chi connectivity index (χ3n) is 11.3. The monoisotopic (exact) mass is 597 g/mol. The fourth-order valence-electron chi connectivity index (χ4n) is 8.77. The van der Waals surface area contributed by atoms with Crippen LogP contribution in [0.1, 0.15) is 99.3 Å². The van der Waals surface area contributed by atoms with Gasteiger partial charge in [-0.05, 0) is 98.9 Å². The zero-order valence-electron chi connectivity index (χ0n) is 26.7. The normalized spacial score (nSPS) is 35.6. The van der Waals surface area contributed by atoms with Crippen molar-refractivity contribution in [3.8, 4) is 12.3 Å². The average Bonchev–Trinajstić information content (AvgIpc) is 3.21. The Kier molecular flexibility index (Phi) is 9.71. The maximum atomic E-state index is 12.8. The van der Waals surface area contributed by atoms with Crippen LogP contribution in [0.2, 0.25) is 0 Å². The van der Waals surface area contributed by atoms with E-state index in [0.29, 0.717) is 30.6 Å². The predicted octanol–water partition coefficient (Wildman–Crippen LogP) is 4.44. The Morgan fingerprint density at radius 1 is 1.07 bits per heavy atom. The number of aliphatic hydroxyl groups is 1. The van der Waals surface area contributed by atoms with Crippen molar-refractivity contribution in [3.05, 3.63) is 11.6 Å². The molecule has 0 spiro atoms. The van der Waals surface area contributed by atoms with Gasteiger partial charge < -0.3 is 25.7 Å². The molecule has 8 atom stereocenters. The molecule has 0 aromatic heterocycles. The van der Waals surface area contributed by atoms with Crippen molar-refractivity contribution >= 4 is 23.5 Å². The zero-order valence-corrected chi connectivity index (χ0v) is 26.7. The first-order valence-electron chi connectivity index (χ1n) is 16.1. The minimum atomic E-state index is -1.10. The summed E-state index contributed by atoms with van der Waals surface area (Å²) in [6.45, 7) is 11.6. The number of allylic oxidation sites excluding steroid dienone is 2. The first kappa shape index (κ1) is 33.0. The summed E-state index contributed by atoms with van der Waals surface area (Å²) >= 11 is 0. The van der Waals surface area contributed by atoms with E-state index in [4.69, 9.17) is 11.3 Å². The highest BCUT2D eigenvalue weighted by molar-refractivity contribution is 5.96. The van der Waals surface area contributed by atoms with Crippen molar-refractivity contribution in [3.63, 3.8) is 0 Å². The topological polar surface area (TPSA) is 137 Å². The van der Waals surface area contributed by atoms with E-state index in [1.807, 2.05) is 13.8 Å². The third kappa shape index (κ3) is 6.36. The highest BCUT2D eigenvalue weighted by atomic mass is 16.6. The molecule has 0 radical (unpaired) electrons. The second-order valence-electron chi connectivity index (χ2n) is 14.7. The molecule has 4 N–H and O–H groups in total. The van der Waals surface area contributed by atoms with Crippen molar-refractivity contribution in [2.45, 2.75) is 117 Å². The Hall–Kier alpha value is -2.86. The average molecular weight is 598 g/mol. The fraction of sp³-hybridized carbons (Fsp3) is 0.765. The molecule has 238 valence electrons. The number of hydrogen-bond acceptors (Lipinski definition) is 6. The maximum Gasteiger partial charge on any atom is 0.326 e. The van der Waals surface area contributed by atoms with Crippen molar-refractivity contribution in [2.75, 3.05) is 6.61 Å². The van der Waals surface area contributed by atoms with Gasteiger partial charge in [0, 0.05) is 5.41 Å². The van der Waals surface area contributed by atoms with Gasteiger partial charge in [-0.2, -0.15) is 0 Å². The second-order valence-corrected chi connectivity index (χ2v) is 14.7.